The number of aryl methyl sites for hydroxylation is 5. The molecule has 5 heteroatoms. The molecule has 0 saturated heterocycles. The van der Waals surface area contributed by atoms with Crippen LogP contribution in [0, 0.1) is 20.8 Å². The first-order chi connectivity index (χ1) is 14.5. The zero-order chi connectivity index (χ0) is 21.5. The minimum atomic E-state index is -0.199. The number of rotatable bonds is 9. The summed E-state index contributed by atoms with van der Waals surface area (Å²) in [7, 11) is 1.41. The van der Waals surface area contributed by atoms with Gasteiger partial charge in [0.05, 0.1) is 19.4 Å². The van der Waals surface area contributed by atoms with E-state index in [0.29, 0.717) is 19.4 Å². The van der Waals surface area contributed by atoms with Crippen LogP contribution in [0.2, 0.25) is 0 Å². The summed E-state index contributed by atoms with van der Waals surface area (Å²) in [5.74, 6) is 0.675. The largest absolute Gasteiger partial charge is 0.493 e. The molecule has 3 aromatic rings. The minimum Gasteiger partial charge on any atom is -0.493 e. The number of carbonyl (C=O) groups is 1. The molecule has 1 aromatic heterocycles. The maximum atomic E-state index is 11.2. The van der Waals surface area contributed by atoms with E-state index in [1.54, 1.807) is 11.3 Å². The van der Waals surface area contributed by atoms with Gasteiger partial charge in [-0.2, -0.15) is 0 Å². The lowest BCUT2D eigenvalue weighted by molar-refractivity contribution is -0.140. The van der Waals surface area contributed by atoms with Gasteiger partial charge in [-0.05, 0) is 57.2 Å². The van der Waals surface area contributed by atoms with E-state index in [-0.39, 0.29) is 5.97 Å². The molecule has 0 spiro atoms. The molecule has 0 radical (unpaired) electrons. The van der Waals surface area contributed by atoms with Gasteiger partial charge in [-0.1, -0.05) is 42.0 Å². The molecule has 0 aliphatic carbocycles. The Hall–Kier alpha value is -2.66. The fraction of sp³-hybridized carbons (Fsp3) is 0.360. The van der Waals surface area contributed by atoms with Gasteiger partial charge in [0, 0.05) is 16.9 Å². The summed E-state index contributed by atoms with van der Waals surface area (Å²) in [6, 6.07) is 14.9. The molecule has 4 nitrogen and oxygen atoms in total. The predicted octanol–water partition coefficient (Wildman–Crippen LogP) is 5.85. The van der Waals surface area contributed by atoms with Crippen molar-refractivity contribution in [2.45, 2.75) is 46.5 Å². The SMILES string of the molecule is COC(=O)CCCOc1ccc(CCc2sc(-c3ccc(C)cc3)nc2C)cc1C. The highest BCUT2D eigenvalue weighted by atomic mass is 32.1. The van der Waals surface area contributed by atoms with E-state index in [2.05, 4.69) is 61.9 Å². The number of aromatic nitrogens is 1. The molecule has 0 N–H and O–H groups in total. The van der Waals surface area contributed by atoms with E-state index < -0.39 is 0 Å². The van der Waals surface area contributed by atoms with Crippen LogP contribution in [0.15, 0.2) is 42.5 Å². The van der Waals surface area contributed by atoms with Crippen molar-refractivity contribution >= 4 is 17.3 Å². The van der Waals surface area contributed by atoms with Crippen molar-refractivity contribution in [3.05, 3.63) is 69.7 Å². The van der Waals surface area contributed by atoms with Crippen molar-refractivity contribution < 1.29 is 14.3 Å². The van der Waals surface area contributed by atoms with Gasteiger partial charge in [-0.25, -0.2) is 4.98 Å². The van der Waals surface area contributed by atoms with Crippen LogP contribution in [-0.4, -0.2) is 24.7 Å². The lowest BCUT2D eigenvalue weighted by atomic mass is 10.1. The molecule has 0 aliphatic heterocycles. The average molecular weight is 424 g/mol. The maximum Gasteiger partial charge on any atom is 0.305 e. The van der Waals surface area contributed by atoms with Gasteiger partial charge < -0.3 is 9.47 Å². The quantitative estimate of drug-likeness (QED) is 0.320. The number of hydrogen-bond acceptors (Lipinski definition) is 5. The fourth-order valence-electron chi connectivity index (χ4n) is 3.27. The second kappa shape index (κ2) is 10.4. The van der Waals surface area contributed by atoms with Crippen LogP contribution in [0.1, 0.15) is 40.1 Å². The molecule has 0 unspecified atom stereocenters. The van der Waals surface area contributed by atoms with E-state index in [0.717, 1.165) is 34.9 Å². The molecule has 2 aromatic carbocycles. The zero-order valence-electron chi connectivity index (χ0n) is 18.2. The summed E-state index contributed by atoms with van der Waals surface area (Å²) >= 11 is 1.79. The molecule has 158 valence electrons. The second-order valence-corrected chi connectivity index (χ2v) is 8.61. The third kappa shape index (κ3) is 5.92. The topological polar surface area (TPSA) is 48.4 Å². The van der Waals surface area contributed by atoms with Crippen LogP contribution in [-0.2, 0) is 22.4 Å². The van der Waals surface area contributed by atoms with Crippen LogP contribution >= 0.6 is 11.3 Å². The minimum absolute atomic E-state index is 0.199. The van der Waals surface area contributed by atoms with Crippen molar-refractivity contribution in [1.82, 2.24) is 4.98 Å². The van der Waals surface area contributed by atoms with Gasteiger partial charge in [0.1, 0.15) is 10.8 Å². The first kappa shape index (κ1) is 22.0. The van der Waals surface area contributed by atoms with Gasteiger partial charge in [0.25, 0.3) is 0 Å². The predicted molar refractivity (Wildman–Crippen MR) is 122 cm³/mol. The lowest BCUT2D eigenvalue weighted by Crippen LogP contribution is -2.05. The summed E-state index contributed by atoms with van der Waals surface area (Å²) in [6.07, 6.45) is 2.99. The van der Waals surface area contributed by atoms with Crippen molar-refractivity contribution in [3.63, 3.8) is 0 Å². The van der Waals surface area contributed by atoms with E-state index in [1.807, 2.05) is 6.07 Å². The number of benzene rings is 2. The molecule has 0 fully saturated rings. The highest BCUT2D eigenvalue weighted by Crippen LogP contribution is 2.29. The molecule has 0 aliphatic rings. The first-order valence-electron chi connectivity index (χ1n) is 10.3. The number of carbonyl (C=O) groups excluding carboxylic acids is 1. The van der Waals surface area contributed by atoms with Gasteiger partial charge in [0.2, 0.25) is 0 Å². The fourth-order valence-corrected chi connectivity index (χ4v) is 4.33. The summed E-state index contributed by atoms with van der Waals surface area (Å²) < 4.78 is 10.5. The van der Waals surface area contributed by atoms with Crippen molar-refractivity contribution in [2.75, 3.05) is 13.7 Å². The Morgan fingerprint density at radius 1 is 1.03 bits per heavy atom. The Morgan fingerprint density at radius 2 is 1.80 bits per heavy atom. The molecule has 1 heterocycles. The van der Waals surface area contributed by atoms with E-state index in [9.17, 15) is 4.79 Å². The summed E-state index contributed by atoms with van der Waals surface area (Å²) in [6.45, 7) is 6.77. The zero-order valence-corrected chi connectivity index (χ0v) is 19.0. The maximum absolute atomic E-state index is 11.2. The lowest BCUT2D eigenvalue weighted by Gasteiger charge is -2.10. The smallest absolute Gasteiger partial charge is 0.305 e. The monoisotopic (exact) mass is 423 g/mol. The van der Waals surface area contributed by atoms with E-state index in [1.165, 1.54) is 28.7 Å². The standard InChI is InChI=1S/C25H29NO3S/c1-17-7-11-21(12-8-17)25-26-19(3)23(30-25)14-10-20-9-13-22(18(2)16-20)29-15-5-6-24(27)28-4/h7-9,11-13,16H,5-6,10,14-15H2,1-4H3. The highest BCUT2D eigenvalue weighted by molar-refractivity contribution is 7.15. The normalized spacial score (nSPS) is 10.8. The van der Waals surface area contributed by atoms with Crippen molar-refractivity contribution in [3.8, 4) is 16.3 Å². The van der Waals surface area contributed by atoms with Gasteiger partial charge in [-0.3, -0.25) is 4.79 Å². The van der Waals surface area contributed by atoms with Crippen LogP contribution in [0.25, 0.3) is 10.6 Å². The Bertz CT molecular complexity index is 992. The molecule has 0 amide bonds. The molecular weight excluding hydrogens is 394 g/mol. The van der Waals surface area contributed by atoms with Crippen LogP contribution in [0.5, 0.6) is 5.75 Å². The summed E-state index contributed by atoms with van der Waals surface area (Å²) in [4.78, 5) is 17.3. The molecule has 0 saturated carbocycles. The number of hydrogen-bond donors (Lipinski definition) is 0. The Morgan fingerprint density at radius 3 is 2.50 bits per heavy atom. The Kier molecular flexibility index (Phi) is 7.63. The van der Waals surface area contributed by atoms with Crippen LogP contribution in [0.4, 0.5) is 0 Å². The first-order valence-corrected chi connectivity index (χ1v) is 11.1. The summed E-state index contributed by atoms with van der Waals surface area (Å²) in [5, 5.41) is 1.09. The van der Waals surface area contributed by atoms with E-state index >= 15 is 0 Å². The number of methoxy groups -OCH3 is 1. The van der Waals surface area contributed by atoms with Crippen molar-refractivity contribution in [2.24, 2.45) is 0 Å². The number of ether oxygens (including phenoxy) is 2. The molecule has 0 bridgehead atoms. The third-order valence-electron chi connectivity index (χ3n) is 5.08. The van der Waals surface area contributed by atoms with Crippen molar-refractivity contribution in [1.29, 1.82) is 0 Å². The van der Waals surface area contributed by atoms with E-state index in [4.69, 9.17) is 9.72 Å². The molecule has 0 atom stereocenters. The van der Waals surface area contributed by atoms with Gasteiger partial charge >= 0.3 is 5.97 Å². The summed E-state index contributed by atoms with van der Waals surface area (Å²) in [5.41, 5.74) is 5.98. The molecule has 30 heavy (non-hydrogen) atoms. The Labute approximate surface area is 182 Å². The second-order valence-electron chi connectivity index (χ2n) is 7.52. The Balaban J connectivity index is 1.56. The molecule has 3 rings (SSSR count). The highest BCUT2D eigenvalue weighted by Gasteiger charge is 2.10. The average Bonchev–Trinajstić information content (AvgIpc) is 3.11. The number of esters is 1. The third-order valence-corrected chi connectivity index (χ3v) is 6.35. The number of nitrogens with zero attached hydrogens (tertiary/aromatic N) is 1. The molecular formula is C25H29NO3S. The van der Waals surface area contributed by atoms with Crippen LogP contribution < -0.4 is 4.74 Å². The van der Waals surface area contributed by atoms with Gasteiger partial charge in [-0.15, -0.1) is 11.3 Å². The van der Waals surface area contributed by atoms with Gasteiger partial charge in [0.15, 0.2) is 0 Å². The number of thiazole rings is 1. The van der Waals surface area contributed by atoms with Crippen LogP contribution in [0.3, 0.4) is 0 Å².